The average molecular weight is 282 g/mol. The predicted molar refractivity (Wildman–Crippen MR) is 81.3 cm³/mol. The highest BCUT2D eigenvalue weighted by Gasteiger charge is 2.35. The van der Waals surface area contributed by atoms with Gasteiger partial charge in [0.15, 0.2) is 0 Å². The molecule has 0 unspecified atom stereocenters. The van der Waals surface area contributed by atoms with Crippen LogP contribution in [0.1, 0.15) is 47.9 Å². The normalized spacial score (nSPS) is 16.1. The number of carboxylic acid groups (broad SMARTS) is 1. The molecular formula is C18H18O3. The molecule has 0 saturated carbocycles. The molecule has 0 spiro atoms. The number of para-hydroxylation sites is 1. The molecule has 3 heteroatoms. The first-order valence-electron chi connectivity index (χ1n) is 7.13. The van der Waals surface area contributed by atoms with E-state index in [1.54, 1.807) is 0 Å². The molecular weight excluding hydrogens is 264 g/mol. The van der Waals surface area contributed by atoms with E-state index in [-0.39, 0.29) is 5.92 Å². The summed E-state index contributed by atoms with van der Waals surface area (Å²) in [5.41, 5.74) is 3.52. The van der Waals surface area contributed by atoms with Crippen molar-refractivity contribution in [3.8, 4) is 11.5 Å². The third kappa shape index (κ3) is 2.09. The third-order valence-electron chi connectivity index (χ3n) is 4.04. The van der Waals surface area contributed by atoms with E-state index in [1.165, 1.54) is 0 Å². The second-order valence-corrected chi connectivity index (χ2v) is 5.78. The van der Waals surface area contributed by atoms with Crippen LogP contribution in [0, 0.1) is 6.92 Å². The summed E-state index contributed by atoms with van der Waals surface area (Å²) in [5.74, 6) is 0.139. The molecule has 21 heavy (non-hydrogen) atoms. The number of hydrogen-bond acceptors (Lipinski definition) is 2. The summed E-state index contributed by atoms with van der Waals surface area (Å²) in [6.45, 7) is 6.12. The fourth-order valence-electron chi connectivity index (χ4n) is 2.98. The zero-order valence-electron chi connectivity index (χ0n) is 12.4. The van der Waals surface area contributed by atoms with Crippen LogP contribution in [-0.2, 0) is 4.79 Å². The van der Waals surface area contributed by atoms with Crippen LogP contribution in [0.4, 0.5) is 0 Å². The van der Waals surface area contributed by atoms with E-state index >= 15 is 0 Å². The van der Waals surface area contributed by atoms with E-state index in [2.05, 4.69) is 13.8 Å². The topological polar surface area (TPSA) is 46.5 Å². The van der Waals surface area contributed by atoms with Crippen LogP contribution in [0.3, 0.4) is 0 Å². The highest BCUT2D eigenvalue weighted by atomic mass is 16.5. The third-order valence-corrected chi connectivity index (χ3v) is 4.04. The van der Waals surface area contributed by atoms with E-state index in [9.17, 15) is 9.90 Å². The Balaban J connectivity index is 2.31. The Kier molecular flexibility index (Phi) is 3.20. The molecule has 0 saturated heterocycles. The van der Waals surface area contributed by atoms with Crippen LogP contribution in [0.2, 0.25) is 0 Å². The minimum Gasteiger partial charge on any atom is -0.481 e. The number of carbonyl (C=O) groups is 1. The maximum absolute atomic E-state index is 11.9. The van der Waals surface area contributed by atoms with Gasteiger partial charge in [-0.1, -0.05) is 44.2 Å². The second-order valence-electron chi connectivity index (χ2n) is 5.78. The molecule has 1 atom stereocenters. The number of aryl methyl sites for hydroxylation is 1. The molecule has 2 aromatic rings. The van der Waals surface area contributed by atoms with Gasteiger partial charge in [0, 0.05) is 11.1 Å². The average Bonchev–Trinajstić information content (AvgIpc) is 2.44. The van der Waals surface area contributed by atoms with Gasteiger partial charge in [-0.3, -0.25) is 4.79 Å². The zero-order chi connectivity index (χ0) is 15.1. The van der Waals surface area contributed by atoms with Crippen LogP contribution in [0.5, 0.6) is 11.5 Å². The number of aliphatic carboxylic acids is 1. The molecule has 0 amide bonds. The maximum atomic E-state index is 11.9. The molecule has 2 aromatic carbocycles. The Morgan fingerprint density at radius 1 is 1.19 bits per heavy atom. The van der Waals surface area contributed by atoms with Gasteiger partial charge in [0.05, 0.1) is 0 Å². The summed E-state index contributed by atoms with van der Waals surface area (Å²) in [7, 11) is 0. The highest BCUT2D eigenvalue weighted by molar-refractivity contribution is 5.85. The molecule has 0 bridgehead atoms. The van der Waals surface area contributed by atoms with Gasteiger partial charge in [0.2, 0.25) is 0 Å². The first-order valence-corrected chi connectivity index (χ1v) is 7.13. The monoisotopic (exact) mass is 282 g/mol. The molecule has 1 heterocycles. The van der Waals surface area contributed by atoms with Crippen LogP contribution < -0.4 is 4.74 Å². The van der Waals surface area contributed by atoms with Gasteiger partial charge in [-0.15, -0.1) is 0 Å². The molecule has 1 aliphatic heterocycles. The SMILES string of the molecule is Cc1ccc(C(C)C)c2c1[C@@H](C(=O)O)c1ccccc1O2. The quantitative estimate of drug-likeness (QED) is 0.885. The van der Waals surface area contributed by atoms with Crippen LogP contribution in [0.25, 0.3) is 0 Å². The Bertz CT molecular complexity index is 716. The van der Waals surface area contributed by atoms with Crippen molar-refractivity contribution >= 4 is 5.97 Å². The molecule has 0 aromatic heterocycles. The van der Waals surface area contributed by atoms with Gasteiger partial charge >= 0.3 is 5.97 Å². The largest absolute Gasteiger partial charge is 0.481 e. The molecule has 1 N–H and O–H groups in total. The summed E-state index contributed by atoms with van der Waals surface area (Å²) in [5, 5.41) is 9.73. The van der Waals surface area contributed by atoms with E-state index in [0.717, 1.165) is 28.0 Å². The fourth-order valence-corrected chi connectivity index (χ4v) is 2.98. The van der Waals surface area contributed by atoms with Crippen molar-refractivity contribution in [1.82, 2.24) is 0 Å². The van der Waals surface area contributed by atoms with E-state index in [4.69, 9.17) is 4.74 Å². The van der Waals surface area contributed by atoms with Crippen LogP contribution in [0.15, 0.2) is 36.4 Å². The lowest BCUT2D eigenvalue weighted by molar-refractivity contribution is -0.137. The molecule has 3 nitrogen and oxygen atoms in total. The summed E-state index contributed by atoms with van der Waals surface area (Å²) >= 11 is 0. The Morgan fingerprint density at radius 3 is 2.57 bits per heavy atom. The molecule has 0 radical (unpaired) electrons. The molecule has 0 aliphatic carbocycles. The van der Waals surface area contributed by atoms with Gasteiger partial charge < -0.3 is 9.84 Å². The van der Waals surface area contributed by atoms with Crippen LogP contribution in [-0.4, -0.2) is 11.1 Å². The lowest BCUT2D eigenvalue weighted by Crippen LogP contribution is -2.20. The van der Waals surface area contributed by atoms with Gasteiger partial charge in [-0.2, -0.15) is 0 Å². The Morgan fingerprint density at radius 2 is 1.90 bits per heavy atom. The number of hydrogen-bond donors (Lipinski definition) is 1. The Labute approximate surface area is 124 Å². The first kappa shape index (κ1) is 13.7. The van der Waals surface area contributed by atoms with Gasteiger partial charge in [0.25, 0.3) is 0 Å². The number of rotatable bonds is 2. The predicted octanol–water partition coefficient (Wildman–Crippen LogP) is 4.44. The first-order chi connectivity index (χ1) is 10.0. The van der Waals surface area contributed by atoms with Crippen molar-refractivity contribution in [3.63, 3.8) is 0 Å². The molecule has 3 rings (SSSR count). The van der Waals surface area contributed by atoms with Crippen LogP contribution >= 0.6 is 0 Å². The zero-order valence-corrected chi connectivity index (χ0v) is 12.4. The summed E-state index contributed by atoms with van der Waals surface area (Å²) in [4.78, 5) is 11.9. The van der Waals surface area contributed by atoms with E-state index in [1.807, 2.05) is 43.3 Å². The van der Waals surface area contributed by atoms with E-state index in [0.29, 0.717) is 5.75 Å². The number of benzene rings is 2. The number of carboxylic acids is 1. The number of ether oxygens (including phenoxy) is 1. The van der Waals surface area contributed by atoms with Crippen molar-refractivity contribution in [2.75, 3.05) is 0 Å². The van der Waals surface area contributed by atoms with Crippen molar-refractivity contribution in [2.24, 2.45) is 0 Å². The Hall–Kier alpha value is -2.29. The molecule has 0 fully saturated rings. The van der Waals surface area contributed by atoms with Crippen molar-refractivity contribution in [3.05, 3.63) is 58.7 Å². The number of fused-ring (bicyclic) bond motifs is 2. The lowest BCUT2D eigenvalue weighted by Gasteiger charge is -2.29. The summed E-state index contributed by atoms with van der Waals surface area (Å²) < 4.78 is 6.07. The summed E-state index contributed by atoms with van der Waals surface area (Å²) in [6.07, 6.45) is 0. The molecule has 108 valence electrons. The minimum absolute atomic E-state index is 0.277. The fraction of sp³-hybridized carbons (Fsp3) is 0.278. The van der Waals surface area contributed by atoms with Crippen molar-refractivity contribution in [1.29, 1.82) is 0 Å². The van der Waals surface area contributed by atoms with Crippen molar-refractivity contribution < 1.29 is 14.6 Å². The second kappa shape index (κ2) is 4.92. The van der Waals surface area contributed by atoms with Gasteiger partial charge in [-0.05, 0) is 30.0 Å². The standard InChI is InChI=1S/C18H18O3/c1-10(2)12-9-8-11(3)15-16(18(19)20)13-6-4-5-7-14(13)21-17(12)15/h4-10,16H,1-3H3,(H,19,20)/t16-/m0/s1. The maximum Gasteiger partial charge on any atom is 0.315 e. The van der Waals surface area contributed by atoms with Gasteiger partial charge in [-0.25, -0.2) is 0 Å². The van der Waals surface area contributed by atoms with Crippen molar-refractivity contribution in [2.45, 2.75) is 32.6 Å². The molecule has 1 aliphatic rings. The minimum atomic E-state index is -0.837. The smallest absolute Gasteiger partial charge is 0.315 e. The van der Waals surface area contributed by atoms with E-state index < -0.39 is 11.9 Å². The van der Waals surface area contributed by atoms with Gasteiger partial charge in [0.1, 0.15) is 17.4 Å². The lowest BCUT2D eigenvalue weighted by atomic mass is 9.82. The summed E-state index contributed by atoms with van der Waals surface area (Å²) in [6, 6.07) is 11.4. The highest BCUT2D eigenvalue weighted by Crippen LogP contribution is 2.48.